The lowest BCUT2D eigenvalue weighted by Gasteiger charge is -2.35. The number of carbonyl (C=O) groups excluding carboxylic acids is 1. The second-order valence-corrected chi connectivity index (χ2v) is 5.87. The normalized spacial score (nSPS) is 15.2. The van der Waals surface area contributed by atoms with E-state index in [-0.39, 0.29) is 5.69 Å². The number of nitrogens with one attached hydrogen (secondary N) is 1. The first-order chi connectivity index (χ1) is 12.1. The van der Waals surface area contributed by atoms with Gasteiger partial charge in [0.25, 0.3) is 5.91 Å². The van der Waals surface area contributed by atoms with E-state index in [1.807, 2.05) is 6.07 Å². The number of hydrogen-bond donors (Lipinski definition) is 1. The van der Waals surface area contributed by atoms with Gasteiger partial charge in [0.05, 0.1) is 0 Å². The molecular formula is C18H20F2N4O. The maximum atomic E-state index is 13.7. The van der Waals surface area contributed by atoms with Crippen LogP contribution < -0.4 is 10.2 Å². The number of benzene rings is 1. The van der Waals surface area contributed by atoms with Gasteiger partial charge in [-0.15, -0.1) is 0 Å². The largest absolute Gasteiger partial charge is 0.369 e. The number of rotatable bonds is 4. The number of anilines is 2. The van der Waals surface area contributed by atoms with Crippen LogP contribution in [0.3, 0.4) is 0 Å². The molecule has 1 amide bonds. The van der Waals surface area contributed by atoms with E-state index in [4.69, 9.17) is 0 Å². The van der Waals surface area contributed by atoms with Crippen molar-refractivity contribution in [2.75, 3.05) is 42.9 Å². The molecule has 3 rings (SSSR count). The number of nitrogens with zero attached hydrogens (tertiary/aromatic N) is 3. The van der Waals surface area contributed by atoms with Gasteiger partial charge in [0.2, 0.25) is 0 Å². The van der Waals surface area contributed by atoms with Crippen LogP contribution >= 0.6 is 0 Å². The van der Waals surface area contributed by atoms with Gasteiger partial charge in [-0.05, 0) is 30.8 Å². The zero-order chi connectivity index (χ0) is 17.8. The predicted octanol–water partition coefficient (Wildman–Crippen LogP) is 2.75. The van der Waals surface area contributed by atoms with Crippen LogP contribution in [-0.4, -0.2) is 48.5 Å². The molecule has 0 unspecified atom stereocenters. The van der Waals surface area contributed by atoms with Gasteiger partial charge in [0, 0.05) is 38.1 Å². The van der Waals surface area contributed by atoms with Crippen molar-refractivity contribution in [3.63, 3.8) is 0 Å². The Morgan fingerprint density at radius 1 is 1.16 bits per heavy atom. The fraction of sp³-hybridized carbons (Fsp3) is 0.333. The Labute approximate surface area is 145 Å². The Morgan fingerprint density at radius 3 is 2.48 bits per heavy atom. The Kier molecular flexibility index (Phi) is 5.23. The van der Waals surface area contributed by atoms with Gasteiger partial charge in [0.1, 0.15) is 23.0 Å². The zero-order valence-electron chi connectivity index (χ0n) is 14.0. The summed E-state index contributed by atoms with van der Waals surface area (Å²) in [6.07, 6.45) is 1.54. The average molecular weight is 346 g/mol. The highest BCUT2D eigenvalue weighted by molar-refractivity contribution is 6.03. The van der Waals surface area contributed by atoms with Gasteiger partial charge >= 0.3 is 0 Å². The third-order valence-electron chi connectivity index (χ3n) is 4.36. The van der Waals surface area contributed by atoms with E-state index < -0.39 is 23.2 Å². The third-order valence-corrected chi connectivity index (χ3v) is 4.36. The van der Waals surface area contributed by atoms with Crippen LogP contribution in [0.4, 0.5) is 20.2 Å². The summed E-state index contributed by atoms with van der Waals surface area (Å²) >= 11 is 0. The summed E-state index contributed by atoms with van der Waals surface area (Å²) in [5, 5.41) is 2.26. The van der Waals surface area contributed by atoms with Crippen LogP contribution in [-0.2, 0) is 0 Å². The maximum absolute atomic E-state index is 13.7. The molecule has 132 valence electrons. The van der Waals surface area contributed by atoms with Crippen LogP contribution in [0.25, 0.3) is 0 Å². The number of aromatic nitrogens is 1. The molecule has 1 aliphatic rings. The quantitative estimate of drug-likeness (QED) is 0.925. The maximum Gasteiger partial charge on any atom is 0.274 e. The first-order valence-electron chi connectivity index (χ1n) is 8.27. The molecule has 2 heterocycles. The summed E-state index contributed by atoms with van der Waals surface area (Å²) in [6, 6.07) is 6.92. The van der Waals surface area contributed by atoms with Crippen molar-refractivity contribution in [3.05, 3.63) is 53.9 Å². The van der Waals surface area contributed by atoms with Crippen LogP contribution in [0.5, 0.6) is 0 Å². The van der Waals surface area contributed by atoms with E-state index in [2.05, 4.69) is 27.0 Å². The van der Waals surface area contributed by atoms with Crippen molar-refractivity contribution in [1.82, 2.24) is 9.88 Å². The van der Waals surface area contributed by atoms with E-state index in [0.717, 1.165) is 50.5 Å². The number of para-hydroxylation sites is 1. The molecule has 0 saturated carbocycles. The Balaban J connectivity index is 1.74. The number of hydrogen-bond acceptors (Lipinski definition) is 4. The number of likely N-dealkylation sites (N-methyl/N-ethyl adjacent to an activating group) is 1. The van der Waals surface area contributed by atoms with Gasteiger partial charge < -0.3 is 15.1 Å². The van der Waals surface area contributed by atoms with E-state index >= 15 is 0 Å². The Hall–Kier alpha value is -2.54. The van der Waals surface area contributed by atoms with E-state index in [0.29, 0.717) is 0 Å². The molecular weight excluding hydrogens is 326 g/mol. The summed E-state index contributed by atoms with van der Waals surface area (Å²) in [7, 11) is 0. The van der Waals surface area contributed by atoms with Crippen molar-refractivity contribution in [3.8, 4) is 0 Å². The number of pyridine rings is 1. The molecule has 0 bridgehead atoms. The smallest absolute Gasteiger partial charge is 0.274 e. The number of piperazine rings is 1. The van der Waals surface area contributed by atoms with Gasteiger partial charge in [0.15, 0.2) is 0 Å². The summed E-state index contributed by atoms with van der Waals surface area (Å²) in [6.45, 7) is 6.79. The first-order valence-corrected chi connectivity index (χ1v) is 8.27. The van der Waals surface area contributed by atoms with Crippen LogP contribution in [0.15, 0.2) is 36.5 Å². The summed E-state index contributed by atoms with van der Waals surface area (Å²) in [4.78, 5) is 20.9. The van der Waals surface area contributed by atoms with Crippen molar-refractivity contribution < 1.29 is 13.6 Å². The fourth-order valence-corrected chi connectivity index (χ4v) is 2.86. The van der Waals surface area contributed by atoms with E-state index in [9.17, 15) is 13.6 Å². The predicted molar refractivity (Wildman–Crippen MR) is 92.9 cm³/mol. The molecule has 25 heavy (non-hydrogen) atoms. The number of carbonyl (C=O) groups is 1. The Bertz CT molecular complexity index is 740. The minimum absolute atomic E-state index is 0.123. The highest BCUT2D eigenvalue weighted by Gasteiger charge is 2.18. The van der Waals surface area contributed by atoms with Crippen molar-refractivity contribution in [1.29, 1.82) is 0 Å². The molecule has 7 heteroatoms. The highest BCUT2D eigenvalue weighted by Crippen LogP contribution is 2.20. The highest BCUT2D eigenvalue weighted by atomic mass is 19.1. The molecule has 1 aliphatic heterocycles. The molecule has 2 aromatic rings. The number of amides is 1. The molecule has 5 nitrogen and oxygen atoms in total. The monoisotopic (exact) mass is 346 g/mol. The number of halogens is 2. The summed E-state index contributed by atoms with van der Waals surface area (Å²) < 4.78 is 27.4. The lowest BCUT2D eigenvalue weighted by atomic mass is 10.2. The second-order valence-electron chi connectivity index (χ2n) is 5.87. The van der Waals surface area contributed by atoms with Crippen molar-refractivity contribution >= 4 is 17.3 Å². The zero-order valence-corrected chi connectivity index (χ0v) is 14.0. The van der Waals surface area contributed by atoms with Gasteiger partial charge in [-0.1, -0.05) is 13.0 Å². The summed E-state index contributed by atoms with van der Waals surface area (Å²) in [5.41, 5.74) is 0.541. The third kappa shape index (κ3) is 3.93. The molecule has 1 saturated heterocycles. The van der Waals surface area contributed by atoms with Crippen molar-refractivity contribution in [2.24, 2.45) is 0 Å². The average Bonchev–Trinajstić information content (AvgIpc) is 2.65. The van der Waals surface area contributed by atoms with Gasteiger partial charge in [-0.2, -0.15) is 0 Å². The molecule has 0 spiro atoms. The second kappa shape index (κ2) is 7.57. The van der Waals surface area contributed by atoms with E-state index in [1.54, 1.807) is 6.07 Å². The molecule has 0 radical (unpaired) electrons. The van der Waals surface area contributed by atoms with Crippen LogP contribution in [0.1, 0.15) is 17.4 Å². The molecule has 1 aromatic heterocycles. The standard InChI is InChI=1S/C18H20F2N4O/c1-2-23-8-10-24(11-9-23)13-6-7-21-16(12-13)18(25)22-17-14(19)4-3-5-15(17)20/h3-7,12H,2,8-11H2,1H3,(H,22,25). The molecule has 0 atom stereocenters. The van der Waals surface area contributed by atoms with Crippen LogP contribution in [0.2, 0.25) is 0 Å². The molecule has 1 N–H and O–H groups in total. The van der Waals surface area contributed by atoms with Gasteiger partial charge in [-0.3, -0.25) is 9.78 Å². The Morgan fingerprint density at radius 2 is 1.84 bits per heavy atom. The fourth-order valence-electron chi connectivity index (χ4n) is 2.86. The SMILES string of the molecule is CCN1CCN(c2ccnc(C(=O)Nc3c(F)cccc3F)c2)CC1. The topological polar surface area (TPSA) is 48.5 Å². The first kappa shape index (κ1) is 17.3. The lowest BCUT2D eigenvalue weighted by molar-refractivity contribution is 0.102. The van der Waals surface area contributed by atoms with Crippen molar-refractivity contribution in [2.45, 2.75) is 6.92 Å². The van der Waals surface area contributed by atoms with Crippen LogP contribution in [0, 0.1) is 11.6 Å². The van der Waals surface area contributed by atoms with Gasteiger partial charge in [-0.25, -0.2) is 8.78 Å². The minimum atomic E-state index is -0.819. The minimum Gasteiger partial charge on any atom is -0.369 e. The van der Waals surface area contributed by atoms with E-state index in [1.165, 1.54) is 12.3 Å². The molecule has 0 aliphatic carbocycles. The lowest BCUT2D eigenvalue weighted by Crippen LogP contribution is -2.46. The summed E-state index contributed by atoms with van der Waals surface area (Å²) in [5.74, 6) is -2.28. The molecule has 1 aromatic carbocycles. The molecule has 1 fully saturated rings.